The predicted molar refractivity (Wildman–Crippen MR) is 74.6 cm³/mol. The van der Waals surface area contributed by atoms with Crippen molar-refractivity contribution in [3.63, 3.8) is 0 Å². The van der Waals surface area contributed by atoms with E-state index in [1.165, 1.54) is 0 Å². The number of benzene rings is 2. The average Bonchev–Trinajstić information content (AvgIpc) is 2.39. The maximum absolute atomic E-state index is 12.3. The lowest BCUT2D eigenvalue weighted by atomic mass is 10.2. The zero-order chi connectivity index (χ0) is 13.0. The molecule has 2 aromatic carbocycles. The largest absolute Gasteiger partial charge is 0.611 e. The Morgan fingerprint density at radius 3 is 2.56 bits per heavy atom. The summed E-state index contributed by atoms with van der Waals surface area (Å²) in [5.74, 6) is 1.04. The van der Waals surface area contributed by atoms with Crippen LogP contribution in [0.15, 0.2) is 53.4 Å². The Bertz CT molecular complexity index is 516. The van der Waals surface area contributed by atoms with Gasteiger partial charge in [0.05, 0.1) is 7.11 Å². The normalized spacial score (nSPS) is 12.2. The van der Waals surface area contributed by atoms with E-state index in [-0.39, 0.29) is 0 Å². The van der Waals surface area contributed by atoms with Gasteiger partial charge in [-0.1, -0.05) is 41.9 Å². The second kappa shape index (κ2) is 6.14. The van der Waals surface area contributed by atoms with Crippen molar-refractivity contribution in [2.75, 3.05) is 7.11 Å². The van der Waals surface area contributed by atoms with Gasteiger partial charge in [0, 0.05) is 16.7 Å². The van der Waals surface area contributed by atoms with Gasteiger partial charge < -0.3 is 9.29 Å². The molecule has 0 fully saturated rings. The van der Waals surface area contributed by atoms with Crippen LogP contribution in [0.4, 0.5) is 0 Å². The maximum atomic E-state index is 12.3. The van der Waals surface area contributed by atoms with Crippen molar-refractivity contribution >= 4 is 22.8 Å². The van der Waals surface area contributed by atoms with Crippen LogP contribution in [-0.4, -0.2) is 11.7 Å². The van der Waals surface area contributed by atoms with E-state index in [9.17, 15) is 4.55 Å². The SMILES string of the molecule is COc1cc(Cl)ccc1[S+]([O-])Cc1ccccc1. The van der Waals surface area contributed by atoms with Crippen LogP contribution in [0.2, 0.25) is 5.02 Å². The number of hydrogen-bond donors (Lipinski definition) is 0. The monoisotopic (exact) mass is 280 g/mol. The number of methoxy groups -OCH3 is 1. The molecular formula is C14H13ClO2S. The first-order valence-electron chi connectivity index (χ1n) is 5.46. The molecule has 1 unspecified atom stereocenters. The number of halogens is 1. The highest BCUT2D eigenvalue weighted by Crippen LogP contribution is 2.29. The minimum Gasteiger partial charge on any atom is -0.611 e. The van der Waals surface area contributed by atoms with E-state index < -0.39 is 11.2 Å². The Hall–Kier alpha value is -1.16. The lowest BCUT2D eigenvalue weighted by Crippen LogP contribution is -2.06. The Kier molecular flexibility index (Phi) is 4.53. The Balaban J connectivity index is 2.21. The Labute approximate surface area is 115 Å². The fraction of sp³-hybridized carbons (Fsp3) is 0.143. The molecule has 0 aliphatic rings. The van der Waals surface area contributed by atoms with E-state index in [1.54, 1.807) is 25.3 Å². The van der Waals surface area contributed by atoms with Crippen molar-refractivity contribution in [2.45, 2.75) is 10.6 Å². The van der Waals surface area contributed by atoms with E-state index in [0.717, 1.165) is 5.56 Å². The predicted octanol–water partition coefficient (Wildman–Crippen LogP) is 3.66. The molecule has 2 rings (SSSR count). The van der Waals surface area contributed by atoms with Crippen molar-refractivity contribution in [1.82, 2.24) is 0 Å². The van der Waals surface area contributed by atoms with Crippen LogP contribution >= 0.6 is 11.6 Å². The van der Waals surface area contributed by atoms with Gasteiger partial charge in [-0.3, -0.25) is 0 Å². The number of hydrogen-bond acceptors (Lipinski definition) is 2. The van der Waals surface area contributed by atoms with Gasteiger partial charge in [0.25, 0.3) is 0 Å². The molecule has 4 heteroatoms. The van der Waals surface area contributed by atoms with E-state index in [4.69, 9.17) is 16.3 Å². The second-order valence-electron chi connectivity index (χ2n) is 3.77. The molecule has 0 saturated heterocycles. The molecule has 1 atom stereocenters. The first kappa shape index (κ1) is 13.3. The molecule has 0 aromatic heterocycles. The topological polar surface area (TPSA) is 32.3 Å². The molecule has 0 aliphatic heterocycles. The molecule has 0 saturated carbocycles. The molecule has 0 aliphatic carbocycles. The lowest BCUT2D eigenvalue weighted by Gasteiger charge is -2.13. The molecule has 0 N–H and O–H groups in total. The van der Waals surface area contributed by atoms with Gasteiger partial charge in [-0.2, -0.15) is 0 Å². The van der Waals surface area contributed by atoms with Gasteiger partial charge in [0.15, 0.2) is 10.6 Å². The summed E-state index contributed by atoms with van der Waals surface area (Å²) in [6.45, 7) is 0. The van der Waals surface area contributed by atoms with Crippen LogP contribution in [-0.2, 0) is 16.9 Å². The fourth-order valence-corrected chi connectivity index (χ4v) is 3.03. The van der Waals surface area contributed by atoms with Crippen LogP contribution in [0.5, 0.6) is 5.75 Å². The molecule has 0 heterocycles. The van der Waals surface area contributed by atoms with Crippen molar-refractivity contribution < 1.29 is 9.29 Å². The summed E-state index contributed by atoms with van der Waals surface area (Å²) >= 11 is 4.74. The zero-order valence-corrected chi connectivity index (χ0v) is 11.5. The summed E-state index contributed by atoms with van der Waals surface area (Å²) in [7, 11) is 1.55. The van der Waals surface area contributed by atoms with E-state index in [1.807, 2.05) is 30.3 Å². The van der Waals surface area contributed by atoms with E-state index >= 15 is 0 Å². The van der Waals surface area contributed by atoms with Crippen molar-refractivity contribution in [2.24, 2.45) is 0 Å². The van der Waals surface area contributed by atoms with Gasteiger partial charge in [-0.05, 0) is 23.3 Å². The van der Waals surface area contributed by atoms with Gasteiger partial charge in [0.2, 0.25) is 0 Å². The Morgan fingerprint density at radius 2 is 1.89 bits per heavy atom. The fourth-order valence-electron chi connectivity index (χ4n) is 1.63. The number of rotatable bonds is 4. The third-order valence-electron chi connectivity index (χ3n) is 2.51. The molecule has 2 nitrogen and oxygen atoms in total. The molecule has 18 heavy (non-hydrogen) atoms. The quantitative estimate of drug-likeness (QED) is 0.801. The second-order valence-corrected chi connectivity index (χ2v) is 5.63. The maximum Gasteiger partial charge on any atom is 0.195 e. The minimum atomic E-state index is -1.14. The first-order chi connectivity index (χ1) is 8.70. The standard InChI is InChI=1S/C14H13ClO2S/c1-17-13-9-12(15)7-8-14(13)18(16)10-11-5-3-2-4-6-11/h2-9H,10H2,1H3. The summed E-state index contributed by atoms with van der Waals surface area (Å²) < 4.78 is 17.5. The average molecular weight is 281 g/mol. The zero-order valence-electron chi connectivity index (χ0n) is 9.93. The van der Waals surface area contributed by atoms with Gasteiger partial charge in [-0.15, -0.1) is 0 Å². The molecule has 0 bridgehead atoms. The smallest absolute Gasteiger partial charge is 0.195 e. The van der Waals surface area contributed by atoms with Crippen molar-refractivity contribution in [1.29, 1.82) is 0 Å². The van der Waals surface area contributed by atoms with Crippen LogP contribution in [0.25, 0.3) is 0 Å². The molecule has 0 radical (unpaired) electrons. The highest BCUT2D eigenvalue weighted by molar-refractivity contribution is 7.90. The van der Waals surface area contributed by atoms with Crippen LogP contribution < -0.4 is 4.74 Å². The number of ether oxygens (including phenoxy) is 1. The lowest BCUT2D eigenvalue weighted by molar-refractivity contribution is 0.402. The minimum absolute atomic E-state index is 0.471. The van der Waals surface area contributed by atoms with Gasteiger partial charge in [-0.25, -0.2) is 0 Å². The molecule has 2 aromatic rings. The highest BCUT2D eigenvalue weighted by Gasteiger charge is 2.17. The van der Waals surface area contributed by atoms with Gasteiger partial charge >= 0.3 is 0 Å². The Morgan fingerprint density at radius 1 is 1.17 bits per heavy atom. The summed E-state index contributed by atoms with van der Waals surface area (Å²) in [5.41, 5.74) is 1.04. The molecular weight excluding hydrogens is 268 g/mol. The summed E-state index contributed by atoms with van der Waals surface area (Å²) in [6.07, 6.45) is 0. The van der Waals surface area contributed by atoms with E-state index in [2.05, 4.69) is 0 Å². The first-order valence-corrected chi connectivity index (χ1v) is 7.16. The van der Waals surface area contributed by atoms with Gasteiger partial charge in [0.1, 0.15) is 5.75 Å². The summed E-state index contributed by atoms with van der Waals surface area (Å²) in [6, 6.07) is 14.9. The molecule has 0 amide bonds. The van der Waals surface area contributed by atoms with E-state index in [0.29, 0.717) is 21.4 Å². The summed E-state index contributed by atoms with van der Waals surface area (Å²) in [4.78, 5) is 0.672. The third kappa shape index (κ3) is 3.19. The van der Waals surface area contributed by atoms with Crippen molar-refractivity contribution in [3.05, 3.63) is 59.1 Å². The van der Waals surface area contributed by atoms with Crippen LogP contribution in [0.1, 0.15) is 5.56 Å². The third-order valence-corrected chi connectivity index (χ3v) is 4.17. The van der Waals surface area contributed by atoms with Crippen LogP contribution in [0.3, 0.4) is 0 Å². The highest BCUT2D eigenvalue weighted by atomic mass is 35.5. The van der Waals surface area contributed by atoms with Crippen LogP contribution in [0, 0.1) is 0 Å². The summed E-state index contributed by atoms with van der Waals surface area (Å²) in [5, 5.41) is 0.576. The molecule has 0 spiro atoms. The molecule has 94 valence electrons. The van der Waals surface area contributed by atoms with Crippen molar-refractivity contribution in [3.8, 4) is 5.75 Å².